The van der Waals surface area contributed by atoms with E-state index in [1.165, 1.54) is 23.1 Å². The first-order valence-corrected chi connectivity index (χ1v) is 11.7. The van der Waals surface area contributed by atoms with Crippen molar-refractivity contribution in [2.45, 2.75) is 4.34 Å². The number of benzene rings is 3. The van der Waals surface area contributed by atoms with E-state index in [0.717, 1.165) is 16.8 Å². The molecule has 6 nitrogen and oxygen atoms in total. The summed E-state index contributed by atoms with van der Waals surface area (Å²) in [5, 5.41) is 14.2. The number of nitrogens with one attached hydrogen (secondary N) is 2. The maximum Gasteiger partial charge on any atom is 0.259 e. The van der Waals surface area contributed by atoms with Gasteiger partial charge >= 0.3 is 0 Å². The standard InChI is InChI=1S/C23H17ClN4O2S2/c24-19-9-5-4-8-18(19)21(30)26-22-27-28-23(32-22)31-14-20(29)25-17-12-10-16(11-13-17)15-6-2-1-3-7-15/h1-13H,14H2,(H,25,29)(H,26,27,30). The van der Waals surface area contributed by atoms with E-state index in [-0.39, 0.29) is 17.6 Å². The summed E-state index contributed by atoms with van der Waals surface area (Å²) in [5.41, 5.74) is 3.28. The van der Waals surface area contributed by atoms with E-state index in [2.05, 4.69) is 20.8 Å². The van der Waals surface area contributed by atoms with Gasteiger partial charge in [-0.2, -0.15) is 0 Å². The molecule has 4 rings (SSSR count). The SMILES string of the molecule is O=C(CSc1nnc(NC(=O)c2ccccc2Cl)s1)Nc1ccc(-c2ccccc2)cc1. The van der Waals surface area contributed by atoms with Crippen molar-refractivity contribution in [2.75, 3.05) is 16.4 Å². The van der Waals surface area contributed by atoms with E-state index in [0.29, 0.717) is 20.1 Å². The van der Waals surface area contributed by atoms with Crippen LogP contribution in [-0.2, 0) is 4.79 Å². The van der Waals surface area contributed by atoms with Crippen molar-refractivity contribution >= 4 is 57.3 Å². The zero-order chi connectivity index (χ0) is 22.3. The molecule has 32 heavy (non-hydrogen) atoms. The first-order chi connectivity index (χ1) is 15.6. The second-order valence-corrected chi connectivity index (χ2v) is 9.19. The molecule has 0 radical (unpaired) electrons. The molecule has 4 aromatic rings. The Hall–Kier alpha value is -3.20. The van der Waals surface area contributed by atoms with E-state index in [9.17, 15) is 9.59 Å². The summed E-state index contributed by atoms with van der Waals surface area (Å²) in [5.74, 6) is -0.340. The Balaban J connectivity index is 1.28. The van der Waals surface area contributed by atoms with Crippen molar-refractivity contribution in [3.63, 3.8) is 0 Å². The lowest BCUT2D eigenvalue weighted by molar-refractivity contribution is -0.113. The minimum Gasteiger partial charge on any atom is -0.325 e. The molecule has 0 aliphatic rings. The molecular weight excluding hydrogens is 464 g/mol. The summed E-state index contributed by atoms with van der Waals surface area (Å²) in [6.45, 7) is 0. The first-order valence-electron chi connectivity index (χ1n) is 9.56. The van der Waals surface area contributed by atoms with E-state index >= 15 is 0 Å². The third-order valence-corrected chi connectivity index (χ3v) is 6.65. The molecule has 1 aromatic heterocycles. The van der Waals surface area contributed by atoms with Crippen LogP contribution in [0.15, 0.2) is 83.2 Å². The molecule has 0 saturated carbocycles. The maximum absolute atomic E-state index is 12.3. The summed E-state index contributed by atoms with van der Waals surface area (Å²) in [7, 11) is 0. The lowest BCUT2D eigenvalue weighted by Gasteiger charge is -2.06. The number of amides is 2. The number of hydrogen-bond donors (Lipinski definition) is 2. The minimum absolute atomic E-state index is 0.153. The van der Waals surface area contributed by atoms with Crippen LogP contribution >= 0.6 is 34.7 Å². The number of carbonyl (C=O) groups excluding carboxylic acids is 2. The van der Waals surface area contributed by atoms with Crippen LogP contribution in [0.5, 0.6) is 0 Å². The fraction of sp³-hybridized carbons (Fsp3) is 0.0435. The highest BCUT2D eigenvalue weighted by atomic mass is 35.5. The molecule has 2 amide bonds. The Morgan fingerprint density at radius 1 is 0.844 bits per heavy atom. The lowest BCUT2D eigenvalue weighted by Crippen LogP contribution is -2.13. The molecule has 0 aliphatic heterocycles. The molecule has 3 aromatic carbocycles. The van der Waals surface area contributed by atoms with Crippen molar-refractivity contribution in [3.8, 4) is 11.1 Å². The Bertz CT molecular complexity index is 1230. The average Bonchev–Trinajstić information content (AvgIpc) is 3.26. The highest BCUT2D eigenvalue weighted by Gasteiger charge is 2.14. The number of hydrogen-bond acceptors (Lipinski definition) is 6. The number of thioether (sulfide) groups is 1. The predicted octanol–water partition coefficient (Wildman–Crippen LogP) is 5.84. The second kappa shape index (κ2) is 10.4. The number of aromatic nitrogens is 2. The predicted molar refractivity (Wildman–Crippen MR) is 131 cm³/mol. The second-order valence-electron chi connectivity index (χ2n) is 6.59. The fourth-order valence-electron chi connectivity index (χ4n) is 2.83. The largest absolute Gasteiger partial charge is 0.325 e. The van der Waals surface area contributed by atoms with Crippen LogP contribution in [0.1, 0.15) is 10.4 Å². The molecule has 0 unspecified atom stereocenters. The van der Waals surface area contributed by atoms with Crippen LogP contribution in [-0.4, -0.2) is 27.8 Å². The Morgan fingerprint density at radius 2 is 1.53 bits per heavy atom. The van der Waals surface area contributed by atoms with E-state index in [1.807, 2.05) is 54.6 Å². The minimum atomic E-state index is -0.361. The van der Waals surface area contributed by atoms with Crippen molar-refractivity contribution in [1.82, 2.24) is 10.2 Å². The lowest BCUT2D eigenvalue weighted by atomic mass is 10.1. The third-order valence-electron chi connectivity index (χ3n) is 4.35. The van der Waals surface area contributed by atoms with Gasteiger partial charge in [0.25, 0.3) is 5.91 Å². The average molecular weight is 481 g/mol. The van der Waals surface area contributed by atoms with Gasteiger partial charge in [0, 0.05) is 5.69 Å². The van der Waals surface area contributed by atoms with Crippen LogP contribution < -0.4 is 10.6 Å². The van der Waals surface area contributed by atoms with Crippen LogP contribution in [0.4, 0.5) is 10.8 Å². The van der Waals surface area contributed by atoms with Gasteiger partial charge in [-0.3, -0.25) is 14.9 Å². The topological polar surface area (TPSA) is 84.0 Å². The summed E-state index contributed by atoms with van der Waals surface area (Å²) in [4.78, 5) is 24.6. The highest BCUT2D eigenvalue weighted by molar-refractivity contribution is 8.01. The molecule has 0 spiro atoms. The molecule has 160 valence electrons. The highest BCUT2D eigenvalue weighted by Crippen LogP contribution is 2.27. The smallest absolute Gasteiger partial charge is 0.259 e. The number of anilines is 2. The van der Waals surface area contributed by atoms with Crippen LogP contribution in [0, 0.1) is 0 Å². The van der Waals surface area contributed by atoms with Crippen LogP contribution in [0.3, 0.4) is 0 Å². The van der Waals surface area contributed by atoms with Gasteiger partial charge in [0.05, 0.1) is 16.3 Å². The van der Waals surface area contributed by atoms with Gasteiger partial charge in [0.2, 0.25) is 11.0 Å². The molecular formula is C23H17ClN4O2S2. The van der Waals surface area contributed by atoms with E-state index < -0.39 is 0 Å². The van der Waals surface area contributed by atoms with Gasteiger partial charge in [-0.25, -0.2) is 0 Å². The summed E-state index contributed by atoms with van der Waals surface area (Å²) in [6.07, 6.45) is 0. The third kappa shape index (κ3) is 5.73. The van der Waals surface area contributed by atoms with Crippen LogP contribution in [0.25, 0.3) is 11.1 Å². The van der Waals surface area contributed by atoms with Crippen molar-refractivity contribution < 1.29 is 9.59 Å². The van der Waals surface area contributed by atoms with Crippen molar-refractivity contribution in [3.05, 3.63) is 89.4 Å². The van der Waals surface area contributed by atoms with Crippen molar-refractivity contribution in [2.24, 2.45) is 0 Å². The van der Waals surface area contributed by atoms with Crippen molar-refractivity contribution in [1.29, 1.82) is 0 Å². The molecule has 0 fully saturated rings. The van der Waals surface area contributed by atoms with Gasteiger partial charge in [-0.1, -0.05) is 89.3 Å². The molecule has 2 N–H and O–H groups in total. The van der Waals surface area contributed by atoms with Crippen LogP contribution in [0.2, 0.25) is 5.02 Å². The Labute approximate surface area is 198 Å². The summed E-state index contributed by atoms with van der Waals surface area (Å²) >= 11 is 8.48. The Morgan fingerprint density at radius 3 is 2.28 bits per heavy atom. The van der Waals surface area contributed by atoms with Gasteiger partial charge in [-0.15, -0.1) is 10.2 Å². The number of carbonyl (C=O) groups is 2. The fourth-order valence-corrected chi connectivity index (χ4v) is 4.60. The van der Waals surface area contributed by atoms with E-state index in [1.54, 1.807) is 24.3 Å². The molecule has 0 saturated heterocycles. The quantitative estimate of drug-likeness (QED) is 0.256. The van der Waals surface area contributed by atoms with Gasteiger partial charge in [-0.05, 0) is 35.4 Å². The number of halogens is 1. The van der Waals surface area contributed by atoms with Gasteiger partial charge < -0.3 is 5.32 Å². The van der Waals surface area contributed by atoms with Gasteiger partial charge in [0.15, 0.2) is 4.34 Å². The monoisotopic (exact) mass is 480 g/mol. The van der Waals surface area contributed by atoms with Gasteiger partial charge in [0.1, 0.15) is 0 Å². The first kappa shape index (κ1) is 22.0. The molecule has 1 heterocycles. The molecule has 0 bridgehead atoms. The number of rotatable bonds is 7. The maximum atomic E-state index is 12.3. The number of nitrogens with zero attached hydrogens (tertiary/aromatic N) is 2. The summed E-state index contributed by atoms with van der Waals surface area (Å²) in [6, 6.07) is 24.5. The zero-order valence-corrected chi connectivity index (χ0v) is 19.0. The van der Waals surface area contributed by atoms with E-state index in [4.69, 9.17) is 11.6 Å². The normalized spacial score (nSPS) is 10.5. The molecule has 0 aliphatic carbocycles. The zero-order valence-electron chi connectivity index (χ0n) is 16.6. The Kier molecular flexibility index (Phi) is 7.16. The molecule has 0 atom stereocenters. The summed E-state index contributed by atoms with van der Waals surface area (Å²) < 4.78 is 0.578. The molecule has 9 heteroatoms.